The number of aryl methyl sites for hydroxylation is 1. The van der Waals surface area contributed by atoms with Gasteiger partial charge in [0, 0.05) is 17.5 Å². The molecule has 0 bridgehead atoms. The van der Waals surface area contributed by atoms with Crippen LogP contribution >= 0.6 is 11.3 Å². The minimum absolute atomic E-state index is 0.0340. The van der Waals surface area contributed by atoms with Gasteiger partial charge in [0.15, 0.2) is 5.13 Å². The van der Waals surface area contributed by atoms with Crippen molar-refractivity contribution in [2.45, 2.75) is 25.8 Å². The van der Waals surface area contributed by atoms with E-state index in [1.54, 1.807) is 29.4 Å². The molecule has 1 aliphatic rings. The molecular weight excluding hydrogens is 260 g/mol. The normalized spacial score (nSPS) is 15.0. The predicted octanol–water partition coefficient (Wildman–Crippen LogP) is 3.25. The number of carbonyl (C=O) groups excluding carboxylic acids is 1. The van der Waals surface area contributed by atoms with Crippen LogP contribution in [0.25, 0.3) is 6.08 Å². The smallest absolute Gasteiger partial charge is 0.253 e. The molecule has 0 aliphatic heterocycles. The quantitative estimate of drug-likeness (QED) is 0.804. The van der Waals surface area contributed by atoms with E-state index in [1.807, 2.05) is 18.4 Å². The molecule has 19 heavy (non-hydrogen) atoms. The van der Waals surface area contributed by atoms with E-state index in [0.717, 1.165) is 23.7 Å². The summed E-state index contributed by atoms with van der Waals surface area (Å²) < 4.78 is 5.18. The van der Waals surface area contributed by atoms with Crippen molar-refractivity contribution in [2.24, 2.45) is 0 Å². The molecule has 2 aromatic heterocycles. The summed E-state index contributed by atoms with van der Waals surface area (Å²) >= 11 is 1.51. The maximum absolute atomic E-state index is 12.3. The van der Waals surface area contributed by atoms with Crippen LogP contribution in [0.1, 0.15) is 24.3 Å². The van der Waals surface area contributed by atoms with Gasteiger partial charge in [0.2, 0.25) is 0 Å². The zero-order valence-electron chi connectivity index (χ0n) is 10.6. The molecule has 3 rings (SSSR count). The highest BCUT2D eigenvalue weighted by molar-refractivity contribution is 7.14. The topological polar surface area (TPSA) is 46.3 Å². The first-order valence-corrected chi connectivity index (χ1v) is 7.09. The minimum Gasteiger partial charge on any atom is -0.465 e. The van der Waals surface area contributed by atoms with Gasteiger partial charge in [0.05, 0.1) is 12.0 Å². The highest BCUT2D eigenvalue weighted by atomic mass is 32.1. The van der Waals surface area contributed by atoms with Crippen molar-refractivity contribution < 1.29 is 9.21 Å². The van der Waals surface area contributed by atoms with Gasteiger partial charge in [0.1, 0.15) is 5.76 Å². The van der Waals surface area contributed by atoms with E-state index in [9.17, 15) is 4.79 Å². The van der Waals surface area contributed by atoms with Gasteiger partial charge in [-0.2, -0.15) is 0 Å². The number of amides is 1. The number of rotatable bonds is 4. The molecular formula is C14H14N2O2S. The molecule has 1 amide bonds. The Morgan fingerprint density at radius 2 is 2.42 bits per heavy atom. The van der Waals surface area contributed by atoms with Crippen molar-refractivity contribution in [3.05, 3.63) is 41.3 Å². The molecule has 1 aliphatic carbocycles. The van der Waals surface area contributed by atoms with Crippen LogP contribution in [0.5, 0.6) is 0 Å². The fourth-order valence-corrected chi connectivity index (χ4v) is 2.71. The highest BCUT2D eigenvalue weighted by Gasteiger charge is 2.34. The number of furan rings is 1. The summed E-state index contributed by atoms with van der Waals surface area (Å²) in [5.74, 6) is 0.646. The molecule has 98 valence electrons. The Balaban J connectivity index is 1.79. The van der Waals surface area contributed by atoms with E-state index >= 15 is 0 Å². The number of carbonyl (C=O) groups is 1. The molecule has 0 aromatic carbocycles. The zero-order chi connectivity index (χ0) is 13.2. The van der Waals surface area contributed by atoms with Crippen molar-refractivity contribution in [1.29, 1.82) is 0 Å². The molecule has 1 fully saturated rings. The van der Waals surface area contributed by atoms with Crippen molar-refractivity contribution in [3.63, 3.8) is 0 Å². The lowest BCUT2D eigenvalue weighted by molar-refractivity contribution is -0.114. The molecule has 0 radical (unpaired) electrons. The van der Waals surface area contributed by atoms with Crippen LogP contribution in [-0.4, -0.2) is 16.9 Å². The summed E-state index contributed by atoms with van der Waals surface area (Å²) in [4.78, 5) is 18.5. The molecule has 0 N–H and O–H groups in total. The minimum atomic E-state index is -0.0340. The standard InChI is InChI=1S/C14H14N2O2S/c1-10-9-19-14(15-10)16(11-4-5-11)13(17)7-6-12-3-2-8-18-12/h2-3,6-9,11H,4-5H2,1H3/b7-6+. The molecule has 0 spiro atoms. The van der Waals surface area contributed by atoms with Crippen LogP contribution in [0, 0.1) is 6.92 Å². The fourth-order valence-electron chi connectivity index (χ4n) is 1.84. The first kappa shape index (κ1) is 12.2. The number of nitrogens with zero attached hydrogens (tertiary/aromatic N) is 2. The molecule has 0 unspecified atom stereocenters. The second kappa shape index (κ2) is 5.01. The van der Waals surface area contributed by atoms with Crippen LogP contribution < -0.4 is 4.90 Å². The Kier molecular flexibility index (Phi) is 3.21. The van der Waals surface area contributed by atoms with Crippen molar-refractivity contribution in [1.82, 2.24) is 4.98 Å². The molecule has 5 heteroatoms. The Morgan fingerprint density at radius 1 is 1.58 bits per heavy atom. The lowest BCUT2D eigenvalue weighted by Gasteiger charge is -2.16. The predicted molar refractivity (Wildman–Crippen MR) is 75.1 cm³/mol. The van der Waals surface area contributed by atoms with E-state index in [-0.39, 0.29) is 5.91 Å². The average Bonchev–Trinajstić information content (AvgIpc) is 2.90. The summed E-state index contributed by atoms with van der Waals surface area (Å²) in [6.45, 7) is 1.94. The summed E-state index contributed by atoms with van der Waals surface area (Å²) in [6.07, 6.45) is 6.94. The number of thiazole rings is 1. The lowest BCUT2D eigenvalue weighted by Crippen LogP contribution is -2.31. The SMILES string of the molecule is Cc1csc(N(C(=O)/C=C/c2ccco2)C2CC2)n1. The summed E-state index contributed by atoms with van der Waals surface area (Å²) in [5.41, 5.74) is 0.952. The second-order valence-electron chi connectivity index (χ2n) is 4.56. The van der Waals surface area contributed by atoms with Crippen LogP contribution in [0.4, 0.5) is 5.13 Å². The molecule has 0 atom stereocenters. The maximum atomic E-state index is 12.3. The fraction of sp³-hybridized carbons (Fsp3) is 0.286. The average molecular weight is 274 g/mol. The Labute approximate surface area is 115 Å². The van der Waals surface area contributed by atoms with Gasteiger partial charge in [-0.05, 0) is 38.0 Å². The second-order valence-corrected chi connectivity index (χ2v) is 5.40. The van der Waals surface area contributed by atoms with E-state index in [0.29, 0.717) is 11.8 Å². The van der Waals surface area contributed by atoms with Gasteiger partial charge in [0.25, 0.3) is 5.91 Å². The first-order valence-electron chi connectivity index (χ1n) is 6.21. The van der Waals surface area contributed by atoms with Crippen LogP contribution in [0.2, 0.25) is 0 Å². The highest BCUT2D eigenvalue weighted by Crippen LogP contribution is 2.33. The van der Waals surface area contributed by atoms with Gasteiger partial charge >= 0.3 is 0 Å². The maximum Gasteiger partial charge on any atom is 0.253 e. The van der Waals surface area contributed by atoms with E-state index in [2.05, 4.69) is 4.98 Å². The van der Waals surface area contributed by atoms with E-state index < -0.39 is 0 Å². The third-order valence-electron chi connectivity index (χ3n) is 2.90. The van der Waals surface area contributed by atoms with E-state index in [1.165, 1.54) is 11.3 Å². The van der Waals surface area contributed by atoms with Gasteiger partial charge in [-0.1, -0.05) is 0 Å². The molecule has 2 heterocycles. The van der Waals surface area contributed by atoms with E-state index in [4.69, 9.17) is 4.42 Å². The monoisotopic (exact) mass is 274 g/mol. The van der Waals surface area contributed by atoms with Gasteiger partial charge in [-0.3, -0.25) is 9.69 Å². The lowest BCUT2D eigenvalue weighted by atomic mass is 10.3. The number of hydrogen-bond acceptors (Lipinski definition) is 4. The van der Waals surface area contributed by atoms with Crippen molar-refractivity contribution >= 4 is 28.5 Å². The zero-order valence-corrected chi connectivity index (χ0v) is 11.4. The molecule has 0 saturated heterocycles. The van der Waals surface area contributed by atoms with Gasteiger partial charge < -0.3 is 4.42 Å². The summed E-state index contributed by atoms with van der Waals surface area (Å²) in [6, 6.07) is 3.92. The van der Waals surface area contributed by atoms with Crippen molar-refractivity contribution in [3.8, 4) is 0 Å². The number of hydrogen-bond donors (Lipinski definition) is 0. The molecule has 1 saturated carbocycles. The third-order valence-corrected chi connectivity index (χ3v) is 3.85. The van der Waals surface area contributed by atoms with Crippen LogP contribution in [0.3, 0.4) is 0 Å². The first-order chi connectivity index (χ1) is 9.24. The Morgan fingerprint density at radius 3 is 3.00 bits per heavy atom. The summed E-state index contributed by atoms with van der Waals surface area (Å²) in [5, 5.41) is 2.75. The Hall–Kier alpha value is -1.88. The van der Waals surface area contributed by atoms with Gasteiger partial charge in [-0.15, -0.1) is 11.3 Å². The van der Waals surface area contributed by atoms with Crippen LogP contribution in [0.15, 0.2) is 34.3 Å². The molecule has 2 aromatic rings. The number of anilines is 1. The largest absolute Gasteiger partial charge is 0.465 e. The molecule has 4 nitrogen and oxygen atoms in total. The van der Waals surface area contributed by atoms with Crippen LogP contribution in [-0.2, 0) is 4.79 Å². The summed E-state index contributed by atoms with van der Waals surface area (Å²) in [7, 11) is 0. The third kappa shape index (κ3) is 2.76. The number of aromatic nitrogens is 1. The Bertz CT molecular complexity index is 597. The van der Waals surface area contributed by atoms with Crippen molar-refractivity contribution in [2.75, 3.05) is 4.90 Å². The van der Waals surface area contributed by atoms with Gasteiger partial charge in [-0.25, -0.2) is 4.98 Å².